The van der Waals surface area contributed by atoms with Crippen LogP contribution in [0.15, 0.2) is 18.5 Å². The van der Waals surface area contributed by atoms with Crippen molar-refractivity contribution >= 4 is 23.4 Å². The first kappa shape index (κ1) is 13.2. The van der Waals surface area contributed by atoms with E-state index in [9.17, 15) is 4.79 Å². The molecule has 1 aliphatic rings. The maximum Gasteiger partial charge on any atom is 0.253 e. The van der Waals surface area contributed by atoms with Crippen LogP contribution in [0.25, 0.3) is 0 Å². The summed E-state index contributed by atoms with van der Waals surface area (Å²) in [5.74, 6) is -0.0197. The van der Waals surface area contributed by atoms with E-state index in [1.54, 1.807) is 18.5 Å². The zero-order valence-electron chi connectivity index (χ0n) is 10.8. The molecule has 0 radical (unpaired) electrons. The lowest BCUT2D eigenvalue weighted by atomic mass is 10.2. The Labute approximate surface area is 112 Å². The van der Waals surface area contributed by atoms with Crippen molar-refractivity contribution in [1.29, 1.82) is 0 Å². The number of pyridine rings is 1. The van der Waals surface area contributed by atoms with Gasteiger partial charge in [0.2, 0.25) is 0 Å². The number of nitrogens with one attached hydrogen (secondary N) is 2. The van der Waals surface area contributed by atoms with Gasteiger partial charge in [0.1, 0.15) is 0 Å². The van der Waals surface area contributed by atoms with Crippen molar-refractivity contribution in [3.05, 3.63) is 24.0 Å². The zero-order valence-corrected chi connectivity index (χ0v) is 11.6. The quantitative estimate of drug-likeness (QED) is 0.827. The van der Waals surface area contributed by atoms with E-state index in [0.717, 1.165) is 18.8 Å². The third-order valence-corrected chi connectivity index (χ3v) is 4.66. The number of hydrogen-bond donors (Lipinski definition) is 2. The fraction of sp³-hybridized carbons (Fsp3) is 0.538. The maximum absolute atomic E-state index is 12.1. The van der Waals surface area contributed by atoms with E-state index in [4.69, 9.17) is 0 Å². The Morgan fingerprint density at radius 2 is 2.33 bits per heavy atom. The van der Waals surface area contributed by atoms with Gasteiger partial charge in [0.25, 0.3) is 5.91 Å². The highest BCUT2D eigenvalue weighted by Gasteiger charge is 2.42. The maximum atomic E-state index is 12.1. The van der Waals surface area contributed by atoms with Crippen LogP contribution in [-0.4, -0.2) is 35.0 Å². The molecule has 1 amide bonds. The molecule has 1 aliphatic carbocycles. The van der Waals surface area contributed by atoms with E-state index in [0.29, 0.717) is 10.3 Å². The largest absolute Gasteiger partial charge is 0.383 e. The Morgan fingerprint density at radius 1 is 1.56 bits per heavy atom. The van der Waals surface area contributed by atoms with Gasteiger partial charge in [-0.15, -0.1) is 0 Å². The van der Waals surface area contributed by atoms with Crippen molar-refractivity contribution < 1.29 is 4.79 Å². The monoisotopic (exact) mass is 265 g/mol. The molecule has 1 aromatic heterocycles. The van der Waals surface area contributed by atoms with Gasteiger partial charge >= 0.3 is 0 Å². The molecule has 1 heterocycles. The average molecular weight is 265 g/mol. The molecule has 0 aliphatic heterocycles. The molecule has 1 aromatic rings. The summed E-state index contributed by atoms with van der Waals surface area (Å²) >= 11 is 1.85. The summed E-state index contributed by atoms with van der Waals surface area (Å²) in [6.07, 6.45) is 7.85. The van der Waals surface area contributed by atoms with Gasteiger partial charge in [-0.05, 0) is 32.1 Å². The second-order valence-corrected chi connectivity index (χ2v) is 5.80. The molecule has 0 saturated heterocycles. The molecule has 0 bridgehead atoms. The van der Waals surface area contributed by atoms with Gasteiger partial charge in [0, 0.05) is 24.0 Å². The molecule has 0 aromatic carbocycles. The molecule has 2 rings (SSSR count). The van der Waals surface area contributed by atoms with Crippen molar-refractivity contribution in [2.24, 2.45) is 0 Å². The van der Waals surface area contributed by atoms with Crippen LogP contribution in [-0.2, 0) is 0 Å². The molecule has 0 spiro atoms. The highest BCUT2D eigenvalue weighted by atomic mass is 32.2. The first-order valence-corrected chi connectivity index (χ1v) is 7.44. The molecule has 1 saturated carbocycles. The van der Waals surface area contributed by atoms with E-state index in [2.05, 4.69) is 21.9 Å². The topological polar surface area (TPSA) is 54.0 Å². The molecule has 1 fully saturated rings. The predicted octanol–water partition coefficient (Wildman–Crippen LogP) is 2.14. The highest BCUT2D eigenvalue weighted by molar-refractivity contribution is 8.00. The second-order valence-electron chi connectivity index (χ2n) is 4.52. The summed E-state index contributed by atoms with van der Waals surface area (Å²) in [5.41, 5.74) is 1.47. The molecular formula is C13H19N3OS. The number of nitrogens with zero attached hydrogens (tertiary/aromatic N) is 1. The van der Waals surface area contributed by atoms with E-state index in [1.165, 1.54) is 12.8 Å². The number of anilines is 1. The molecule has 0 unspecified atom stereocenters. The fourth-order valence-electron chi connectivity index (χ4n) is 1.85. The number of carbonyl (C=O) groups is 1. The summed E-state index contributed by atoms with van der Waals surface area (Å²) in [4.78, 5) is 16.2. The first-order chi connectivity index (χ1) is 8.71. The van der Waals surface area contributed by atoms with Crippen molar-refractivity contribution in [2.75, 3.05) is 24.7 Å². The summed E-state index contributed by atoms with van der Waals surface area (Å²) in [7, 11) is 0. The average Bonchev–Trinajstić information content (AvgIpc) is 3.18. The minimum atomic E-state index is -0.0197. The van der Waals surface area contributed by atoms with Crippen molar-refractivity contribution in [1.82, 2.24) is 10.3 Å². The van der Waals surface area contributed by atoms with Crippen LogP contribution in [0.1, 0.15) is 30.1 Å². The van der Waals surface area contributed by atoms with Crippen molar-refractivity contribution in [3.63, 3.8) is 0 Å². The van der Waals surface area contributed by atoms with Crippen LogP contribution in [0.2, 0.25) is 0 Å². The Balaban J connectivity index is 2.00. The van der Waals surface area contributed by atoms with E-state index >= 15 is 0 Å². The minimum absolute atomic E-state index is 0.0197. The minimum Gasteiger partial charge on any atom is -0.383 e. The van der Waals surface area contributed by atoms with Crippen LogP contribution in [0.5, 0.6) is 0 Å². The molecular weight excluding hydrogens is 246 g/mol. The molecule has 4 nitrogen and oxygen atoms in total. The highest BCUT2D eigenvalue weighted by Crippen LogP contribution is 2.46. The fourth-order valence-corrected chi connectivity index (χ4v) is 2.58. The molecule has 5 heteroatoms. The Hall–Kier alpha value is -1.23. The van der Waals surface area contributed by atoms with Crippen LogP contribution in [0.4, 0.5) is 5.69 Å². The number of thioether (sulfide) groups is 1. The predicted molar refractivity (Wildman–Crippen MR) is 76.2 cm³/mol. The van der Waals surface area contributed by atoms with Gasteiger partial charge in [-0.2, -0.15) is 11.8 Å². The smallest absolute Gasteiger partial charge is 0.253 e. The molecule has 18 heavy (non-hydrogen) atoms. The normalized spacial score (nSPS) is 16.1. The van der Waals surface area contributed by atoms with Gasteiger partial charge in [-0.1, -0.05) is 0 Å². The Bertz CT molecular complexity index is 432. The summed E-state index contributed by atoms with van der Waals surface area (Å²) in [5, 5.41) is 6.18. The Morgan fingerprint density at radius 3 is 2.94 bits per heavy atom. The Kier molecular flexibility index (Phi) is 4.11. The lowest BCUT2D eigenvalue weighted by molar-refractivity contribution is 0.0953. The van der Waals surface area contributed by atoms with Crippen molar-refractivity contribution in [3.8, 4) is 0 Å². The number of rotatable bonds is 6. The third-order valence-electron chi connectivity index (χ3n) is 3.24. The third kappa shape index (κ3) is 2.96. The second kappa shape index (κ2) is 5.61. The van der Waals surface area contributed by atoms with Crippen LogP contribution >= 0.6 is 11.8 Å². The molecule has 2 N–H and O–H groups in total. The van der Waals surface area contributed by atoms with Crippen LogP contribution < -0.4 is 10.6 Å². The lowest BCUT2D eigenvalue weighted by Crippen LogP contribution is -2.32. The lowest BCUT2D eigenvalue weighted by Gasteiger charge is -2.14. The summed E-state index contributed by atoms with van der Waals surface area (Å²) in [6.45, 7) is 3.53. The van der Waals surface area contributed by atoms with E-state index in [-0.39, 0.29) is 5.91 Å². The number of amides is 1. The number of hydrogen-bond acceptors (Lipinski definition) is 4. The first-order valence-electron chi connectivity index (χ1n) is 6.22. The van der Waals surface area contributed by atoms with Crippen molar-refractivity contribution in [2.45, 2.75) is 24.5 Å². The van der Waals surface area contributed by atoms with Gasteiger partial charge in [0.15, 0.2) is 0 Å². The van der Waals surface area contributed by atoms with Gasteiger partial charge in [0.05, 0.1) is 17.4 Å². The molecule has 98 valence electrons. The van der Waals surface area contributed by atoms with Crippen LogP contribution in [0, 0.1) is 0 Å². The van der Waals surface area contributed by atoms with Gasteiger partial charge < -0.3 is 10.6 Å². The molecule has 0 atom stereocenters. The van der Waals surface area contributed by atoms with Gasteiger partial charge in [-0.25, -0.2) is 0 Å². The summed E-state index contributed by atoms with van der Waals surface area (Å²) in [6, 6.07) is 1.76. The van der Waals surface area contributed by atoms with E-state index in [1.807, 2.05) is 18.7 Å². The number of aromatic nitrogens is 1. The SMILES string of the molecule is CCNc1cnccc1C(=O)NCC1(SC)CC1. The standard InChI is InChI=1S/C13H19N3OS/c1-3-15-11-8-14-7-4-10(11)12(17)16-9-13(18-2)5-6-13/h4,7-8,15H,3,5-6,9H2,1-2H3,(H,16,17). The van der Waals surface area contributed by atoms with E-state index < -0.39 is 0 Å². The van der Waals surface area contributed by atoms with Gasteiger partial charge in [-0.3, -0.25) is 9.78 Å². The zero-order chi connectivity index (χ0) is 13.0. The summed E-state index contributed by atoms with van der Waals surface area (Å²) < 4.78 is 0.293. The number of carbonyl (C=O) groups excluding carboxylic acids is 1. The van der Waals surface area contributed by atoms with Crippen LogP contribution in [0.3, 0.4) is 0 Å².